The number of amides is 4. The first kappa shape index (κ1) is 20.8. The van der Waals surface area contributed by atoms with E-state index in [0.29, 0.717) is 24.1 Å². The average Bonchev–Trinajstić information content (AvgIpc) is 2.86. The van der Waals surface area contributed by atoms with E-state index in [1.807, 2.05) is 13.8 Å². The van der Waals surface area contributed by atoms with Gasteiger partial charge in [-0.2, -0.15) is 0 Å². The second-order valence-corrected chi connectivity index (χ2v) is 7.43. The topological polar surface area (TPSA) is 95.7 Å². The van der Waals surface area contributed by atoms with Gasteiger partial charge in [-0.1, -0.05) is 13.8 Å². The number of nitrogens with one attached hydrogen (secondary N) is 1. The Morgan fingerprint density at radius 3 is 2.59 bits per heavy atom. The SMILES string of the molecule is CN(CC(C)(C)CN)C(=O)CCC1NC(=O)N(c2ccc(F)cc2F)C1=O. The molecule has 1 aromatic rings. The molecule has 4 amide bonds. The third-order valence-electron chi connectivity index (χ3n) is 4.46. The number of urea groups is 1. The minimum Gasteiger partial charge on any atom is -0.345 e. The fraction of sp³-hybridized carbons (Fsp3) is 0.500. The molecule has 1 aromatic carbocycles. The van der Waals surface area contributed by atoms with Gasteiger partial charge in [0.1, 0.15) is 17.7 Å². The van der Waals surface area contributed by atoms with Crippen molar-refractivity contribution in [3.8, 4) is 0 Å². The summed E-state index contributed by atoms with van der Waals surface area (Å²) in [5.41, 5.74) is 5.10. The van der Waals surface area contributed by atoms with Gasteiger partial charge in [0, 0.05) is 26.1 Å². The van der Waals surface area contributed by atoms with E-state index in [0.717, 1.165) is 12.1 Å². The molecule has 2 rings (SSSR count). The second-order valence-electron chi connectivity index (χ2n) is 7.43. The molecule has 1 heterocycles. The first-order valence-corrected chi connectivity index (χ1v) is 8.59. The number of hydrogen-bond donors (Lipinski definition) is 2. The third-order valence-corrected chi connectivity index (χ3v) is 4.46. The summed E-state index contributed by atoms with van der Waals surface area (Å²) < 4.78 is 26.9. The molecule has 1 unspecified atom stereocenters. The van der Waals surface area contributed by atoms with Gasteiger partial charge in [-0.25, -0.2) is 18.5 Å². The maximum atomic E-state index is 13.9. The minimum atomic E-state index is -1.01. The number of rotatable bonds is 7. The van der Waals surface area contributed by atoms with Gasteiger partial charge in [0.05, 0.1) is 5.69 Å². The van der Waals surface area contributed by atoms with Gasteiger partial charge in [-0.05, 0) is 30.5 Å². The Labute approximate surface area is 156 Å². The van der Waals surface area contributed by atoms with E-state index in [-0.39, 0.29) is 29.9 Å². The van der Waals surface area contributed by atoms with Crippen molar-refractivity contribution < 1.29 is 23.2 Å². The van der Waals surface area contributed by atoms with E-state index in [4.69, 9.17) is 5.73 Å². The van der Waals surface area contributed by atoms with Gasteiger partial charge in [-0.15, -0.1) is 0 Å². The van der Waals surface area contributed by atoms with E-state index >= 15 is 0 Å². The second kappa shape index (κ2) is 7.99. The van der Waals surface area contributed by atoms with E-state index in [2.05, 4.69) is 5.32 Å². The Morgan fingerprint density at radius 1 is 1.33 bits per heavy atom. The zero-order valence-corrected chi connectivity index (χ0v) is 15.6. The van der Waals surface area contributed by atoms with E-state index in [1.54, 1.807) is 7.05 Å². The molecule has 7 nitrogen and oxygen atoms in total. The van der Waals surface area contributed by atoms with Crippen LogP contribution in [0.2, 0.25) is 0 Å². The maximum Gasteiger partial charge on any atom is 0.329 e. The molecular formula is C18H24F2N4O3. The van der Waals surface area contributed by atoms with E-state index < -0.39 is 29.6 Å². The molecule has 9 heteroatoms. The summed E-state index contributed by atoms with van der Waals surface area (Å²) in [6, 6.07) is 0.839. The Balaban J connectivity index is 2.00. The molecule has 1 aliphatic rings. The highest BCUT2D eigenvalue weighted by molar-refractivity contribution is 6.21. The van der Waals surface area contributed by atoms with Crippen LogP contribution >= 0.6 is 0 Å². The van der Waals surface area contributed by atoms with Crippen LogP contribution in [-0.4, -0.2) is 48.9 Å². The smallest absolute Gasteiger partial charge is 0.329 e. The number of nitrogens with zero attached hydrogens (tertiary/aromatic N) is 2. The number of benzene rings is 1. The molecule has 3 N–H and O–H groups in total. The summed E-state index contributed by atoms with van der Waals surface area (Å²) >= 11 is 0. The highest BCUT2D eigenvalue weighted by Gasteiger charge is 2.40. The first-order chi connectivity index (χ1) is 12.6. The highest BCUT2D eigenvalue weighted by atomic mass is 19.1. The van der Waals surface area contributed by atoms with Crippen LogP contribution in [-0.2, 0) is 9.59 Å². The molecule has 0 aromatic heterocycles. The van der Waals surface area contributed by atoms with Gasteiger partial charge in [0.2, 0.25) is 5.91 Å². The van der Waals surface area contributed by atoms with Crippen molar-refractivity contribution in [2.75, 3.05) is 25.0 Å². The van der Waals surface area contributed by atoms with Crippen molar-refractivity contribution in [2.45, 2.75) is 32.7 Å². The normalized spacial score (nSPS) is 17.3. The summed E-state index contributed by atoms with van der Waals surface area (Å²) in [5, 5.41) is 2.43. The summed E-state index contributed by atoms with van der Waals surface area (Å²) in [6.07, 6.45) is 0.115. The molecule has 1 aliphatic heterocycles. The highest BCUT2D eigenvalue weighted by Crippen LogP contribution is 2.25. The van der Waals surface area contributed by atoms with Crippen LogP contribution in [0.25, 0.3) is 0 Å². The fourth-order valence-electron chi connectivity index (χ4n) is 2.87. The molecular weight excluding hydrogens is 358 g/mol. The Bertz CT molecular complexity index is 754. The maximum absolute atomic E-state index is 13.9. The largest absolute Gasteiger partial charge is 0.345 e. The van der Waals surface area contributed by atoms with Crippen LogP contribution in [0.1, 0.15) is 26.7 Å². The lowest BCUT2D eigenvalue weighted by Crippen LogP contribution is -2.40. The van der Waals surface area contributed by atoms with Crippen LogP contribution in [0.15, 0.2) is 18.2 Å². The summed E-state index contributed by atoms with van der Waals surface area (Å²) in [6.45, 7) is 4.75. The van der Waals surface area contributed by atoms with Crippen molar-refractivity contribution in [3.05, 3.63) is 29.8 Å². The third kappa shape index (κ3) is 4.79. The van der Waals surface area contributed by atoms with Crippen molar-refractivity contribution in [1.29, 1.82) is 0 Å². The van der Waals surface area contributed by atoms with E-state index in [9.17, 15) is 23.2 Å². The Kier molecular flexibility index (Phi) is 6.15. The summed E-state index contributed by atoms with van der Waals surface area (Å²) in [5.74, 6) is -2.69. The standard InChI is InChI=1S/C18H24F2N4O3/c1-18(2,9-21)10-23(3)15(25)7-5-13-16(26)24(17(27)22-13)14-6-4-11(19)8-12(14)20/h4,6,8,13H,5,7,9-10,21H2,1-3H3,(H,22,27). The van der Waals surface area contributed by atoms with Gasteiger partial charge in [0.15, 0.2) is 0 Å². The molecule has 148 valence electrons. The van der Waals surface area contributed by atoms with Gasteiger partial charge in [-0.3, -0.25) is 9.59 Å². The molecule has 1 atom stereocenters. The van der Waals surface area contributed by atoms with Crippen LogP contribution in [0.4, 0.5) is 19.3 Å². The number of imide groups is 1. The molecule has 0 bridgehead atoms. The zero-order valence-electron chi connectivity index (χ0n) is 15.6. The number of carbonyl (C=O) groups is 3. The van der Waals surface area contributed by atoms with Crippen molar-refractivity contribution >= 4 is 23.5 Å². The van der Waals surface area contributed by atoms with Crippen molar-refractivity contribution in [1.82, 2.24) is 10.2 Å². The molecule has 0 saturated carbocycles. The fourth-order valence-corrected chi connectivity index (χ4v) is 2.87. The number of halogens is 2. The van der Waals surface area contributed by atoms with Gasteiger partial charge in [0.25, 0.3) is 5.91 Å². The van der Waals surface area contributed by atoms with Crippen molar-refractivity contribution in [3.63, 3.8) is 0 Å². The van der Waals surface area contributed by atoms with Crippen LogP contribution in [0, 0.1) is 17.0 Å². The lowest BCUT2D eigenvalue weighted by molar-refractivity contribution is -0.131. The van der Waals surface area contributed by atoms with Gasteiger partial charge >= 0.3 is 6.03 Å². The average molecular weight is 382 g/mol. The van der Waals surface area contributed by atoms with Crippen molar-refractivity contribution in [2.24, 2.45) is 11.1 Å². The predicted molar refractivity (Wildman–Crippen MR) is 95.9 cm³/mol. The molecule has 0 spiro atoms. The Hall–Kier alpha value is -2.55. The molecule has 1 fully saturated rings. The minimum absolute atomic E-state index is 0.0353. The summed E-state index contributed by atoms with van der Waals surface area (Å²) in [4.78, 5) is 38.9. The lowest BCUT2D eigenvalue weighted by atomic mass is 9.93. The predicted octanol–water partition coefficient (Wildman–Crippen LogP) is 1.61. The number of nitrogens with two attached hydrogens (primary N) is 1. The molecule has 0 aliphatic carbocycles. The number of anilines is 1. The van der Waals surface area contributed by atoms with Crippen LogP contribution in [0.3, 0.4) is 0 Å². The lowest BCUT2D eigenvalue weighted by Gasteiger charge is -2.29. The monoisotopic (exact) mass is 382 g/mol. The molecule has 1 saturated heterocycles. The van der Waals surface area contributed by atoms with Gasteiger partial charge < -0.3 is 16.0 Å². The Morgan fingerprint density at radius 2 is 2.00 bits per heavy atom. The zero-order chi connectivity index (χ0) is 20.4. The number of hydrogen-bond acceptors (Lipinski definition) is 4. The van der Waals surface area contributed by atoms with Crippen LogP contribution in [0.5, 0.6) is 0 Å². The van der Waals surface area contributed by atoms with E-state index in [1.165, 1.54) is 4.90 Å². The van der Waals surface area contributed by atoms with Crippen LogP contribution < -0.4 is 16.0 Å². The molecule has 0 radical (unpaired) electrons. The first-order valence-electron chi connectivity index (χ1n) is 8.59. The summed E-state index contributed by atoms with van der Waals surface area (Å²) in [7, 11) is 1.65. The number of carbonyl (C=O) groups excluding carboxylic acids is 3. The molecule has 27 heavy (non-hydrogen) atoms. The quantitative estimate of drug-likeness (QED) is 0.701.